The minimum absolute atomic E-state index is 0.300. The van der Waals surface area contributed by atoms with Gasteiger partial charge in [-0.3, -0.25) is 19.2 Å². The third-order valence-corrected chi connectivity index (χ3v) is 8.85. The van der Waals surface area contributed by atoms with Gasteiger partial charge >= 0.3 is 5.97 Å². The maximum Gasteiger partial charge on any atom is 0.308 e. The molecule has 4 aromatic rings. The second kappa shape index (κ2) is 10.3. The number of anilines is 2. The van der Waals surface area contributed by atoms with Crippen molar-refractivity contribution in [1.29, 1.82) is 0 Å². The molecular formula is C36H28N2O6. The molecule has 44 heavy (non-hydrogen) atoms. The van der Waals surface area contributed by atoms with E-state index in [1.807, 2.05) is 65.6 Å². The first kappa shape index (κ1) is 27.3. The Hall–Kier alpha value is -5.50. The van der Waals surface area contributed by atoms with Gasteiger partial charge in [-0.15, -0.1) is 0 Å². The van der Waals surface area contributed by atoms with Crippen molar-refractivity contribution in [3.8, 4) is 11.5 Å². The average Bonchev–Trinajstić information content (AvgIpc) is 3.52. The Morgan fingerprint density at radius 3 is 2.34 bits per heavy atom. The van der Waals surface area contributed by atoms with E-state index in [1.54, 1.807) is 48.5 Å². The third-order valence-electron chi connectivity index (χ3n) is 8.85. The van der Waals surface area contributed by atoms with E-state index in [0.29, 0.717) is 33.9 Å². The highest BCUT2D eigenvalue weighted by atomic mass is 16.5. The number of benzene rings is 4. The van der Waals surface area contributed by atoms with Gasteiger partial charge in [-0.25, -0.2) is 0 Å². The molecule has 1 saturated heterocycles. The van der Waals surface area contributed by atoms with Gasteiger partial charge < -0.3 is 19.7 Å². The number of fused-ring (bicyclic) bond motifs is 6. The lowest BCUT2D eigenvalue weighted by atomic mass is 9.64. The van der Waals surface area contributed by atoms with E-state index in [2.05, 4.69) is 5.32 Å². The van der Waals surface area contributed by atoms with Gasteiger partial charge in [0.05, 0.1) is 19.1 Å². The van der Waals surface area contributed by atoms with Crippen LogP contribution in [-0.2, 0) is 15.0 Å². The summed E-state index contributed by atoms with van der Waals surface area (Å²) in [5.41, 5.74) is 2.17. The summed E-state index contributed by atoms with van der Waals surface area (Å²) in [6.07, 6.45) is 3.90. The molecule has 218 valence electrons. The number of hydrogen-bond acceptors (Lipinski definition) is 7. The van der Waals surface area contributed by atoms with Crippen molar-refractivity contribution < 1.29 is 28.7 Å². The molecule has 7 rings (SSSR count). The highest BCUT2D eigenvalue weighted by Gasteiger charge is 2.70. The fourth-order valence-electron chi connectivity index (χ4n) is 7.10. The normalized spacial score (nSPS) is 22.5. The molecular weight excluding hydrogens is 556 g/mol. The summed E-state index contributed by atoms with van der Waals surface area (Å²) in [6, 6.07) is 26.4. The third kappa shape index (κ3) is 3.98. The molecule has 4 atom stereocenters. The molecule has 0 saturated carbocycles. The molecule has 1 spiro atoms. The first-order chi connectivity index (χ1) is 21.3. The number of ether oxygens (including phenoxy) is 2. The summed E-state index contributed by atoms with van der Waals surface area (Å²) in [7, 11) is 1.52. The molecule has 3 aliphatic rings. The topological polar surface area (TPSA) is 102 Å². The molecule has 1 N–H and O–H groups in total. The first-order valence-corrected chi connectivity index (χ1v) is 14.3. The zero-order chi connectivity index (χ0) is 30.6. The summed E-state index contributed by atoms with van der Waals surface area (Å²) in [5, 5.41) is 3.03. The smallest absolute Gasteiger partial charge is 0.308 e. The lowest BCUT2D eigenvalue weighted by molar-refractivity contribution is -0.131. The van der Waals surface area contributed by atoms with Crippen LogP contribution in [0.25, 0.3) is 6.08 Å². The number of Topliss-reactive ketones (excluding diaryl/α,β-unsaturated/α-hetero) is 2. The number of nitrogens with zero attached hydrogens (tertiary/aromatic N) is 1. The minimum atomic E-state index is -1.42. The predicted molar refractivity (Wildman–Crippen MR) is 165 cm³/mol. The van der Waals surface area contributed by atoms with E-state index in [9.17, 15) is 19.2 Å². The van der Waals surface area contributed by atoms with Crippen LogP contribution in [0.3, 0.4) is 0 Å². The summed E-state index contributed by atoms with van der Waals surface area (Å²) in [4.78, 5) is 57.6. The van der Waals surface area contributed by atoms with Gasteiger partial charge in [-0.05, 0) is 59.7 Å². The number of para-hydroxylation sites is 2. The SMILES string of the molecule is COc1cccc(C(=O)[C@H]2[C@H](C(=O)c3ccc(OC(C)=O)cc3)N3c4ccccc4C=C[C@@H]3[C@@]23C(=O)Nc2ccccc23)c1. The van der Waals surface area contributed by atoms with Crippen LogP contribution in [0, 0.1) is 5.92 Å². The number of nitrogens with one attached hydrogen (secondary N) is 1. The highest BCUT2D eigenvalue weighted by Crippen LogP contribution is 2.58. The zero-order valence-electron chi connectivity index (χ0n) is 24.0. The summed E-state index contributed by atoms with van der Waals surface area (Å²) in [6.45, 7) is 1.30. The Morgan fingerprint density at radius 1 is 0.818 bits per heavy atom. The van der Waals surface area contributed by atoms with Crippen LogP contribution in [0.15, 0.2) is 103 Å². The summed E-state index contributed by atoms with van der Waals surface area (Å²) < 4.78 is 10.6. The fraction of sp³-hybridized carbons (Fsp3) is 0.167. The van der Waals surface area contributed by atoms with Gasteiger partial charge in [0.15, 0.2) is 11.6 Å². The van der Waals surface area contributed by atoms with Crippen molar-refractivity contribution in [3.05, 3.63) is 125 Å². The quantitative estimate of drug-likeness (QED) is 0.182. The standard InChI is InChI=1S/C36H28N2O6/c1-21(39)44-25-17-14-23(15-18-25)34(41)32-31(33(40)24-9-7-10-26(20-24)43-2)36(27-11-4-5-12-28(27)37-35(36)42)30-19-16-22-8-3-6-13-29(22)38(30)32/h3-20,30-32H,1-2H3,(H,37,42)/t30-,31-,32-,36-/m1/s1. The van der Waals surface area contributed by atoms with Gasteiger partial charge in [-0.2, -0.15) is 0 Å². The van der Waals surface area contributed by atoms with Gasteiger partial charge in [-0.1, -0.05) is 60.7 Å². The van der Waals surface area contributed by atoms with E-state index in [-0.39, 0.29) is 17.5 Å². The molecule has 8 heteroatoms. The number of esters is 1. The molecule has 1 amide bonds. The monoisotopic (exact) mass is 584 g/mol. The van der Waals surface area contributed by atoms with Crippen molar-refractivity contribution in [2.45, 2.75) is 24.4 Å². The van der Waals surface area contributed by atoms with Crippen molar-refractivity contribution in [2.24, 2.45) is 5.92 Å². The summed E-state index contributed by atoms with van der Waals surface area (Å²) >= 11 is 0. The van der Waals surface area contributed by atoms with Crippen LogP contribution in [0.5, 0.6) is 11.5 Å². The Balaban J connectivity index is 1.48. The second-order valence-corrected chi connectivity index (χ2v) is 11.1. The number of rotatable bonds is 6. The predicted octanol–water partition coefficient (Wildman–Crippen LogP) is 5.48. The molecule has 0 unspecified atom stereocenters. The van der Waals surface area contributed by atoms with Crippen LogP contribution in [-0.4, -0.2) is 42.6 Å². The lowest BCUT2D eigenvalue weighted by Gasteiger charge is -2.37. The van der Waals surface area contributed by atoms with E-state index in [4.69, 9.17) is 9.47 Å². The van der Waals surface area contributed by atoms with E-state index >= 15 is 0 Å². The van der Waals surface area contributed by atoms with Crippen molar-refractivity contribution in [1.82, 2.24) is 0 Å². The molecule has 3 aliphatic heterocycles. The largest absolute Gasteiger partial charge is 0.497 e. The van der Waals surface area contributed by atoms with Crippen LogP contribution in [0.4, 0.5) is 11.4 Å². The van der Waals surface area contributed by atoms with Gasteiger partial charge in [0, 0.05) is 29.4 Å². The van der Waals surface area contributed by atoms with Crippen LogP contribution < -0.4 is 19.7 Å². The van der Waals surface area contributed by atoms with Crippen molar-refractivity contribution >= 4 is 40.9 Å². The zero-order valence-corrected chi connectivity index (χ0v) is 24.0. The number of methoxy groups -OCH3 is 1. The first-order valence-electron chi connectivity index (χ1n) is 14.3. The van der Waals surface area contributed by atoms with Crippen molar-refractivity contribution in [3.63, 3.8) is 0 Å². The molecule has 0 radical (unpaired) electrons. The number of ketones is 2. The maximum absolute atomic E-state index is 14.9. The fourth-order valence-corrected chi connectivity index (χ4v) is 7.10. The molecule has 8 nitrogen and oxygen atoms in total. The highest BCUT2D eigenvalue weighted by molar-refractivity contribution is 6.18. The lowest BCUT2D eigenvalue weighted by Crippen LogP contribution is -2.51. The Kier molecular flexibility index (Phi) is 6.43. The summed E-state index contributed by atoms with van der Waals surface area (Å²) in [5.74, 6) is -1.80. The Morgan fingerprint density at radius 2 is 1.57 bits per heavy atom. The van der Waals surface area contributed by atoms with Gasteiger partial charge in [0.1, 0.15) is 23.0 Å². The van der Waals surface area contributed by atoms with Gasteiger partial charge in [0.25, 0.3) is 0 Å². The van der Waals surface area contributed by atoms with E-state index in [1.165, 1.54) is 14.0 Å². The second-order valence-electron chi connectivity index (χ2n) is 11.1. The molecule has 4 aromatic carbocycles. The molecule has 1 fully saturated rings. The Labute approximate surface area is 253 Å². The molecule has 0 aliphatic carbocycles. The number of carbonyl (C=O) groups is 4. The van der Waals surface area contributed by atoms with Crippen LogP contribution in [0.2, 0.25) is 0 Å². The number of hydrogen-bond donors (Lipinski definition) is 1. The molecule has 0 aromatic heterocycles. The number of amides is 1. The van der Waals surface area contributed by atoms with E-state index in [0.717, 1.165) is 11.3 Å². The molecule has 3 heterocycles. The average molecular weight is 585 g/mol. The van der Waals surface area contributed by atoms with E-state index < -0.39 is 29.4 Å². The van der Waals surface area contributed by atoms with Crippen LogP contribution in [0.1, 0.15) is 38.8 Å². The molecule has 0 bridgehead atoms. The Bertz CT molecular complexity index is 1880. The minimum Gasteiger partial charge on any atom is -0.497 e. The number of carbonyl (C=O) groups excluding carboxylic acids is 4. The van der Waals surface area contributed by atoms with Crippen LogP contribution >= 0.6 is 0 Å². The van der Waals surface area contributed by atoms with Gasteiger partial charge in [0.2, 0.25) is 5.91 Å². The maximum atomic E-state index is 14.9. The van der Waals surface area contributed by atoms with Crippen molar-refractivity contribution in [2.75, 3.05) is 17.3 Å².